The molecule has 0 spiro atoms. The van der Waals surface area contributed by atoms with Crippen LogP contribution in [0.3, 0.4) is 0 Å². The maximum absolute atomic E-state index is 5.15. The summed E-state index contributed by atoms with van der Waals surface area (Å²) in [5.41, 5.74) is 2.88. The van der Waals surface area contributed by atoms with Gasteiger partial charge in [0.1, 0.15) is 18.2 Å². The van der Waals surface area contributed by atoms with E-state index < -0.39 is 0 Å². The SMILES string of the molecule is CCCNc1cc(N(C)Cc2cscn2)nc(COC)n1. The summed E-state index contributed by atoms with van der Waals surface area (Å²) in [5, 5.41) is 5.35. The Bertz CT molecular complexity index is 546. The fourth-order valence-electron chi connectivity index (χ4n) is 1.86. The Hall–Kier alpha value is -1.73. The zero-order valence-electron chi connectivity index (χ0n) is 12.7. The lowest BCUT2D eigenvalue weighted by molar-refractivity contribution is 0.178. The van der Waals surface area contributed by atoms with E-state index in [9.17, 15) is 0 Å². The Morgan fingerprint density at radius 3 is 2.90 bits per heavy atom. The lowest BCUT2D eigenvalue weighted by Gasteiger charge is -2.18. The van der Waals surface area contributed by atoms with Crippen molar-refractivity contribution >= 4 is 23.0 Å². The molecule has 0 fully saturated rings. The van der Waals surface area contributed by atoms with Gasteiger partial charge in [-0.2, -0.15) is 0 Å². The first-order chi connectivity index (χ1) is 10.2. The molecule has 1 N–H and O–H groups in total. The number of nitrogens with one attached hydrogen (secondary N) is 1. The third kappa shape index (κ3) is 4.64. The zero-order valence-corrected chi connectivity index (χ0v) is 13.5. The topological polar surface area (TPSA) is 63.2 Å². The van der Waals surface area contributed by atoms with Gasteiger partial charge in [0.05, 0.1) is 17.7 Å². The number of rotatable bonds is 8. The van der Waals surface area contributed by atoms with E-state index in [2.05, 4.69) is 32.1 Å². The summed E-state index contributed by atoms with van der Waals surface area (Å²) in [7, 11) is 3.65. The van der Waals surface area contributed by atoms with E-state index in [1.807, 2.05) is 24.0 Å². The molecule has 114 valence electrons. The molecule has 2 aromatic rings. The average molecular weight is 307 g/mol. The number of ether oxygens (including phenoxy) is 1. The quantitative estimate of drug-likeness (QED) is 0.808. The number of hydrogen-bond acceptors (Lipinski definition) is 7. The Morgan fingerprint density at radius 1 is 1.38 bits per heavy atom. The van der Waals surface area contributed by atoms with Crippen molar-refractivity contribution in [3.05, 3.63) is 28.5 Å². The molecule has 7 heteroatoms. The van der Waals surface area contributed by atoms with Crippen molar-refractivity contribution in [1.82, 2.24) is 15.0 Å². The van der Waals surface area contributed by atoms with E-state index in [-0.39, 0.29) is 0 Å². The second kappa shape index (κ2) is 7.90. The summed E-state index contributed by atoms with van der Waals surface area (Å²) in [6, 6.07) is 1.96. The highest BCUT2D eigenvalue weighted by atomic mass is 32.1. The molecule has 0 aliphatic heterocycles. The minimum atomic E-state index is 0.402. The van der Waals surface area contributed by atoms with Gasteiger partial charge in [0.25, 0.3) is 0 Å². The van der Waals surface area contributed by atoms with Crippen LogP contribution in [0.25, 0.3) is 0 Å². The van der Waals surface area contributed by atoms with Crippen molar-refractivity contribution < 1.29 is 4.74 Å². The first-order valence-corrected chi connectivity index (χ1v) is 7.86. The first-order valence-electron chi connectivity index (χ1n) is 6.92. The van der Waals surface area contributed by atoms with Crippen LogP contribution in [0.2, 0.25) is 0 Å². The third-order valence-electron chi connectivity index (χ3n) is 2.86. The molecule has 21 heavy (non-hydrogen) atoms. The molecular weight excluding hydrogens is 286 g/mol. The van der Waals surface area contributed by atoms with Gasteiger partial charge in [0.15, 0.2) is 5.82 Å². The van der Waals surface area contributed by atoms with Gasteiger partial charge in [0, 0.05) is 32.1 Å². The predicted molar refractivity (Wildman–Crippen MR) is 85.7 cm³/mol. The van der Waals surface area contributed by atoms with Crippen molar-refractivity contribution in [3.63, 3.8) is 0 Å². The third-order valence-corrected chi connectivity index (χ3v) is 3.50. The van der Waals surface area contributed by atoms with Crippen molar-refractivity contribution in [1.29, 1.82) is 0 Å². The van der Waals surface area contributed by atoms with Gasteiger partial charge in [-0.05, 0) is 6.42 Å². The molecule has 0 atom stereocenters. The summed E-state index contributed by atoms with van der Waals surface area (Å²) >= 11 is 1.60. The fourth-order valence-corrected chi connectivity index (χ4v) is 2.41. The largest absolute Gasteiger partial charge is 0.377 e. The summed E-state index contributed by atoms with van der Waals surface area (Å²) in [6.45, 7) is 4.14. The number of thiazole rings is 1. The summed E-state index contributed by atoms with van der Waals surface area (Å²) in [4.78, 5) is 15.4. The van der Waals surface area contributed by atoms with Gasteiger partial charge in [-0.1, -0.05) is 6.92 Å². The van der Waals surface area contributed by atoms with Crippen LogP contribution in [0, 0.1) is 0 Å². The Balaban J connectivity index is 2.17. The molecule has 0 saturated heterocycles. The lowest BCUT2D eigenvalue weighted by atomic mass is 10.4. The molecule has 2 rings (SSSR count). The highest BCUT2D eigenvalue weighted by Gasteiger charge is 2.10. The van der Waals surface area contributed by atoms with Gasteiger partial charge in [-0.15, -0.1) is 11.3 Å². The van der Waals surface area contributed by atoms with Crippen LogP contribution in [0.4, 0.5) is 11.6 Å². The standard InChI is InChI=1S/C14H21N5OS/c1-4-5-15-12-6-14(18-13(17-12)8-20-3)19(2)7-11-9-21-10-16-11/h6,9-10H,4-5,7-8H2,1-3H3,(H,15,17,18). The number of anilines is 2. The van der Waals surface area contributed by atoms with Gasteiger partial charge in [-0.3, -0.25) is 0 Å². The Labute approximate surface area is 129 Å². The molecular formula is C14H21N5OS. The molecule has 6 nitrogen and oxygen atoms in total. The van der Waals surface area contributed by atoms with E-state index in [0.717, 1.165) is 36.8 Å². The highest BCUT2D eigenvalue weighted by Crippen LogP contribution is 2.17. The number of hydrogen-bond donors (Lipinski definition) is 1. The van der Waals surface area contributed by atoms with Crippen LogP contribution in [0.15, 0.2) is 17.0 Å². The molecule has 0 bridgehead atoms. The van der Waals surface area contributed by atoms with Crippen LogP contribution in [-0.4, -0.2) is 35.7 Å². The molecule has 0 aliphatic rings. The smallest absolute Gasteiger partial charge is 0.158 e. The zero-order chi connectivity index (χ0) is 15.1. The lowest BCUT2D eigenvalue weighted by Crippen LogP contribution is -2.19. The maximum atomic E-state index is 5.15. The van der Waals surface area contributed by atoms with E-state index in [1.54, 1.807) is 18.4 Å². The molecule has 0 radical (unpaired) electrons. The minimum absolute atomic E-state index is 0.402. The second-order valence-electron chi connectivity index (χ2n) is 4.72. The monoisotopic (exact) mass is 307 g/mol. The molecule has 0 amide bonds. The highest BCUT2D eigenvalue weighted by molar-refractivity contribution is 7.07. The molecule has 0 aliphatic carbocycles. The molecule has 0 saturated carbocycles. The van der Waals surface area contributed by atoms with E-state index >= 15 is 0 Å². The van der Waals surface area contributed by atoms with Crippen LogP contribution in [-0.2, 0) is 17.9 Å². The van der Waals surface area contributed by atoms with Gasteiger partial charge in [-0.25, -0.2) is 15.0 Å². The maximum Gasteiger partial charge on any atom is 0.158 e. The normalized spacial score (nSPS) is 10.6. The van der Waals surface area contributed by atoms with Gasteiger partial charge < -0.3 is 15.0 Å². The minimum Gasteiger partial charge on any atom is -0.377 e. The molecule has 2 heterocycles. The van der Waals surface area contributed by atoms with Crippen LogP contribution >= 0.6 is 11.3 Å². The van der Waals surface area contributed by atoms with Crippen LogP contribution < -0.4 is 10.2 Å². The summed E-state index contributed by atoms with van der Waals surface area (Å²) in [6.07, 6.45) is 1.05. The van der Waals surface area contributed by atoms with E-state index in [1.165, 1.54) is 0 Å². The number of nitrogens with zero attached hydrogens (tertiary/aromatic N) is 4. The predicted octanol–water partition coefficient (Wildman–Crippen LogP) is 2.54. The fraction of sp³-hybridized carbons (Fsp3) is 0.500. The molecule has 0 aromatic carbocycles. The van der Waals surface area contributed by atoms with Crippen LogP contribution in [0.1, 0.15) is 24.9 Å². The van der Waals surface area contributed by atoms with E-state index in [4.69, 9.17) is 4.74 Å². The average Bonchev–Trinajstić information content (AvgIpc) is 2.98. The summed E-state index contributed by atoms with van der Waals surface area (Å²) < 4.78 is 5.15. The van der Waals surface area contributed by atoms with Crippen molar-refractivity contribution in [2.45, 2.75) is 26.5 Å². The number of methoxy groups -OCH3 is 1. The van der Waals surface area contributed by atoms with Gasteiger partial charge in [0.2, 0.25) is 0 Å². The van der Waals surface area contributed by atoms with E-state index in [0.29, 0.717) is 12.4 Å². The Morgan fingerprint density at radius 2 is 2.24 bits per heavy atom. The second-order valence-corrected chi connectivity index (χ2v) is 5.44. The first kappa shape index (κ1) is 15.7. The van der Waals surface area contributed by atoms with Crippen LogP contribution in [0.5, 0.6) is 0 Å². The van der Waals surface area contributed by atoms with Crippen molar-refractivity contribution in [2.24, 2.45) is 0 Å². The van der Waals surface area contributed by atoms with Crippen molar-refractivity contribution in [2.75, 3.05) is 30.9 Å². The van der Waals surface area contributed by atoms with Gasteiger partial charge >= 0.3 is 0 Å². The molecule has 2 aromatic heterocycles. The summed E-state index contributed by atoms with van der Waals surface area (Å²) in [5.74, 6) is 2.38. The Kier molecular flexibility index (Phi) is 5.89. The number of aromatic nitrogens is 3. The van der Waals surface area contributed by atoms with Crippen molar-refractivity contribution in [3.8, 4) is 0 Å². The molecule has 0 unspecified atom stereocenters.